The van der Waals surface area contributed by atoms with Crippen molar-refractivity contribution in [3.63, 3.8) is 0 Å². The average Bonchev–Trinajstić information content (AvgIpc) is 3.35. The first-order valence-corrected chi connectivity index (χ1v) is 11.6. The van der Waals surface area contributed by atoms with Crippen molar-refractivity contribution in [3.8, 4) is 0 Å². The minimum atomic E-state index is -4.50. The van der Waals surface area contributed by atoms with E-state index in [-0.39, 0.29) is 18.2 Å². The number of aromatic nitrogens is 2. The number of ether oxygens (including phenoxy) is 1. The van der Waals surface area contributed by atoms with Gasteiger partial charge in [-0.05, 0) is 31.7 Å². The number of rotatable bonds is 6. The molecule has 0 saturated carbocycles. The van der Waals surface area contributed by atoms with E-state index in [0.717, 1.165) is 5.56 Å². The third-order valence-electron chi connectivity index (χ3n) is 6.49. The van der Waals surface area contributed by atoms with Crippen LogP contribution in [0.5, 0.6) is 0 Å². The van der Waals surface area contributed by atoms with Crippen molar-refractivity contribution in [2.75, 3.05) is 13.2 Å². The number of aliphatic hydroxyl groups is 2. The van der Waals surface area contributed by atoms with E-state index in [1.165, 1.54) is 4.68 Å². The van der Waals surface area contributed by atoms with E-state index >= 15 is 0 Å². The van der Waals surface area contributed by atoms with Gasteiger partial charge in [0.25, 0.3) is 0 Å². The molecule has 2 aromatic heterocycles. The Balaban J connectivity index is 1.50. The Bertz CT molecular complexity index is 1020. The van der Waals surface area contributed by atoms with Crippen molar-refractivity contribution in [3.05, 3.63) is 38.8 Å². The van der Waals surface area contributed by atoms with Crippen LogP contribution in [0.15, 0.2) is 12.4 Å². The van der Waals surface area contributed by atoms with Crippen LogP contribution in [0.4, 0.5) is 13.2 Å². The number of hydrogen-bond donors (Lipinski definition) is 3. The van der Waals surface area contributed by atoms with Crippen LogP contribution in [0, 0.1) is 0 Å². The third kappa shape index (κ3) is 4.67. The van der Waals surface area contributed by atoms with Gasteiger partial charge in [-0.1, -0.05) is 0 Å². The molecule has 3 atom stereocenters. The van der Waals surface area contributed by atoms with E-state index < -0.39 is 35.3 Å². The van der Waals surface area contributed by atoms with Crippen molar-refractivity contribution in [2.24, 2.45) is 5.73 Å². The molecule has 0 aliphatic carbocycles. The highest BCUT2D eigenvalue weighted by atomic mass is 32.1. The Morgan fingerprint density at radius 3 is 2.88 bits per heavy atom. The fraction of sp³-hybridized carbons (Fsp3) is 0.619. The number of carbonyl (C=O) groups is 1. The van der Waals surface area contributed by atoms with Gasteiger partial charge in [0.05, 0.1) is 26.0 Å². The minimum Gasteiger partial charge on any atom is -0.392 e. The van der Waals surface area contributed by atoms with Gasteiger partial charge < -0.3 is 20.7 Å². The molecule has 2 aliphatic heterocycles. The Labute approximate surface area is 192 Å². The van der Waals surface area contributed by atoms with Gasteiger partial charge in [-0.3, -0.25) is 14.4 Å². The molecule has 1 fully saturated rings. The van der Waals surface area contributed by atoms with Crippen molar-refractivity contribution in [2.45, 2.75) is 69.8 Å². The maximum absolute atomic E-state index is 13.6. The number of alkyl halides is 3. The van der Waals surface area contributed by atoms with Crippen LogP contribution in [0.2, 0.25) is 0 Å². The van der Waals surface area contributed by atoms with Crippen molar-refractivity contribution in [1.29, 1.82) is 0 Å². The van der Waals surface area contributed by atoms with Crippen LogP contribution in [-0.4, -0.2) is 56.1 Å². The number of hydrogen-bond acceptors (Lipinski definition) is 7. The Kier molecular flexibility index (Phi) is 6.58. The Hall–Kier alpha value is -1.99. The molecule has 0 bridgehead atoms. The first-order chi connectivity index (χ1) is 15.5. The fourth-order valence-electron chi connectivity index (χ4n) is 4.86. The molecule has 2 aromatic rings. The van der Waals surface area contributed by atoms with Crippen molar-refractivity contribution in [1.82, 2.24) is 14.7 Å². The molecule has 4 N–H and O–H groups in total. The number of nitrogens with two attached hydrogens (primary N) is 1. The maximum atomic E-state index is 13.6. The predicted octanol–water partition coefficient (Wildman–Crippen LogP) is 1.75. The predicted molar refractivity (Wildman–Crippen MR) is 113 cm³/mol. The molecule has 182 valence electrons. The summed E-state index contributed by atoms with van der Waals surface area (Å²) in [7, 11) is 0. The second-order valence-electron chi connectivity index (χ2n) is 8.73. The number of fused-ring (bicyclic) bond motifs is 2. The largest absolute Gasteiger partial charge is 0.425 e. The van der Waals surface area contributed by atoms with Crippen LogP contribution in [0.3, 0.4) is 0 Å². The molecule has 1 spiro atoms. The van der Waals surface area contributed by atoms with Gasteiger partial charge in [0.1, 0.15) is 10.5 Å². The lowest BCUT2D eigenvalue weighted by Crippen LogP contribution is -2.50. The van der Waals surface area contributed by atoms with Gasteiger partial charge in [0, 0.05) is 41.3 Å². The summed E-state index contributed by atoms with van der Waals surface area (Å²) >= 11 is 0.714. The monoisotopic (exact) mass is 488 g/mol. The lowest BCUT2D eigenvalue weighted by molar-refractivity contribution is -0.135. The molecule has 8 nitrogen and oxygen atoms in total. The van der Waals surface area contributed by atoms with E-state index in [1.807, 2.05) is 6.92 Å². The smallest absolute Gasteiger partial charge is 0.392 e. The number of piperidine rings is 1. The average molecular weight is 489 g/mol. The molecule has 0 aromatic carbocycles. The molecule has 1 amide bonds. The van der Waals surface area contributed by atoms with Gasteiger partial charge in [0.15, 0.2) is 6.10 Å². The number of primary amides is 1. The lowest BCUT2D eigenvalue weighted by Gasteiger charge is -2.47. The summed E-state index contributed by atoms with van der Waals surface area (Å²) < 4.78 is 48.4. The molecular weight excluding hydrogens is 461 g/mol. The first kappa shape index (κ1) is 24.1. The topological polar surface area (TPSA) is 114 Å². The summed E-state index contributed by atoms with van der Waals surface area (Å²) in [5, 5.41) is 23.4. The molecule has 4 rings (SSSR count). The molecule has 0 radical (unpaired) electrons. The summed E-state index contributed by atoms with van der Waals surface area (Å²) in [4.78, 5) is 13.1. The summed E-state index contributed by atoms with van der Waals surface area (Å²) in [6.07, 6.45) is -0.980. The van der Waals surface area contributed by atoms with Gasteiger partial charge in [-0.15, -0.1) is 11.3 Å². The van der Waals surface area contributed by atoms with Gasteiger partial charge >= 0.3 is 6.18 Å². The van der Waals surface area contributed by atoms with E-state index in [4.69, 9.17) is 10.5 Å². The van der Waals surface area contributed by atoms with E-state index in [2.05, 4.69) is 10.00 Å². The molecule has 1 unspecified atom stereocenters. The third-order valence-corrected chi connectivity index (χ3v) is 7.99. The van der Waals surface area contributed by atoms with Crippen LogP contribution in [-0.2, 0) is 47.4 Å². The van der Waals surface area contributed by atoms with E-state index in [1.54, 1.807) is 12.4 Å². The first-order valence-electron chi connectivity index (χ1n) is 10.7. The second kappa shape index (κ2) is 8.99. The highest BCUT2D eigenvalue weighted by Crippen LogP contribution is 2.51. The number of carbonyl (C=O) groups excluding carboxylic acids is 1. The van der Waals surface area contributed by atoms with Crippen LogP contribution < -0.4 is 5.73 Å². The number of likely N-dealkylation sites (tertiary alicyclic amines) is 1. The maximum Gasteiger partial charge on any atom is 0.425 e. The molecule has 2 aliphatic rings. The molecular formula is C21H27F3N4O4S. The molecule has 33 heavy (non-hydrogen) atoms. The highest BCUT2D eigenvalue weighted by Gasteiger charge is 2.48. The lowest BCUT2D eigenvalue weighted by atomic mass is 9.81. The normalized spacial score (nSPS) is 24.7. The SMILES string of the molecule is C[C@H]1C[C@@]2(CCN1Cc1cnn(CC(O)C(N)=O)c1)OCCc1c2sc(C(F)(F)F)c1CO. The minimum absolute atomic E-state index is 0.00850. The highest BCUT2D eigenvalue weighted by molar-refractivity contribution is 7.12. The van der Waals surface area contributed by atoms with Gasteiger partial charge in [-0.25, -0.2) is 0 Å². The molecule has 12 heteroatoms. The number of nitrogens with zero attached hydrogens (tertiary/aromatic N) is 3. The summed E-state index contributed by atoms with van der Waals surface area (Å²) in [6.45, 7) is 2.87. The van der Waals surface area contributed by atoms with Crippen LogP contribution in [0.25, 0.3) is 0 Å². The van der Waals surface area contributed by atoms with Crippen LogP contribution in [0.1, 0.15) is 46.2 Å². The molecule has 4 heterocycles. The van der Waals surface area contributed by atoms with Crippen molar-refractivity contribution >= 4 is 17.2 Å². The summed E-state index contributed by atoms with van der Waals surface area (Å²) in [6, 6.07) is 0.0262. The number of thiophene rings is 1. The van der Waals surface area contributed by atoms with E-state index in [0.29, 0.717) is 60.7 Å². The fourth-order valence-corrected chi connectivity index (χ4v) is 6.27. The van der Waals surface area contributed by atoms with Gasteiger partial charge in [0.2, 0.25) is 5.91 Å². The zero-order chi connectivity index (χ0) is 24.0. The standard InChI is InChI=1S/C21H27F3N4O4S/c1-12-6-20(17-14(2-5-32-20)15(11-29)18(33-17)21(22,23)24)3-4-27(12)8-13-7-26-28(9-13)10-16(30)19(25)31/h7,9,12,16,29-30H,2-6,8,10-11H2,1H3,(H2,25,31)/t12-,16?,20+/m0/s1. The number of amides is 1. The summed E-state index contributed by atoms with van der Waals surface area (Å²) in [5.74, 6) is -0.819. The second-order valence-corrected chi connectivity index (χ2v) is 9.75. The number of halogens is 3. The quantitative estimate of drug-likeness (QED) is 0.571. The molecule has 1 saturated heterocycles. The van der Waals surface area contributed by atoms with Crippen molar-refractivity contribution < 1.29 is 32.9 Å². The Morgan fingerprint density at radius 1 is 1.48 bits per heavy atom. The van der Waals surface area contributed by atoms with E-state index in [9.17, 15) is 28.2 Å². The zero-order valence-electron chi connectivity index (χ0n) is 18.1. The summed E-state index contributed by atoms with van der Waals surface area (Å²) in [5.41, 5.74) is 5.77. The van der Waals surface area contributed by atoms with Crippen LogP contribution >= 0.6 is 11.3 Å². The number of aliphatic hydroxyl groups excluding tert-OH is 2. The Morgan fingerprint density at radius 2 is 2.24 bits per heavy atom. The zero-order valence-corrected chi connectivity index (χ0v) is 19.0. The van der Waals surface area contributed by atoms with Gasteiger partial charge in [-0.2, -0.15) is 18.3 Å².